The number of nitrogens with zero attached hydrogens (tertiary/aromatic N) is 2. The Morgan fingerprint density at radius 1 is 0.500 bits per heavy atom. The van der Waals surface area contributed by atoms with Crippen LogP contribution in [0.25, 0.3) is 11.1 Å². The lowest BCUT2D eigenvalue weighted by molar-refractivity contribution is 0.317. The highest BCUT2D eigenvalue weighted by atomic mass is 15.1. The third kappa shape index (κ3) is 9.45. The Balaban J connectivity index is 1.80. The number of hydrogen-bond acceptors (Lipinski definition) is 2. The second kappa shape index (κ2) is 14.4. The maximum atomic E-state index is 2.44. The number of hydrogen-bond donors (Lipinski definition) is 0. The molecule has 166 valence electrons. The Kier molecular flexibility index (Phi) is 11.8. The smallest absolute Gasteiger partial charge is 0.0230 e. The number of benzene rings is 2. The van der Waals surface area contributed by atoms with E-state index in [4.69, 9.17) is 0 Å². The van der Waals surface area contributed by atoms with E-state index in [0.29, 0.717) is 0 Å². The van der Waals surface area contributed by atoms with Crippen LogP contribution >= 0.6 is 0 Å². The van der Waals surface area contributed by atoms with Gasteiger partial charge in [-0.15, -0.1) is 0 Å². The molecule has 2 aromatic rings. The largest absolute Gasteiger partial charge is 0.302 e. The van der Waals surface area contributed by atoms with E-state index in [1.807, 2.05) is 0 Å². The number of rotatable bonds is 15. The molecular weight excluding hydrogens is 364 g/mol. The van der Waals surface area contributed by atoms with Crippen molar-refractivity contribution >= 4 is 0 Å². The summed E-state index contributed by atoms with van der Waals surface area (Å²) in [5, 5.41) is 0. The van der Waals surface area contributed by atoms with Crippen molar-refractivity contribution in [3.63, 3.8) is 0 Å². The number of unbranched alkanes of at least 4 members (excludes halogenated alkanes) is 6. The molecule has 0 saturated heterocycles. The third-order valence-corrected chi connectivity index (χ3v) is 5.93. The molecule has 0 spiro atoms. The molecule has 0 aliphatic carbocycles. The SMILES string of the molecule is CCCCCCN(C)Cc1ccc(-c2ccc(CN(C)CCCCCC)cc2)cc1. The van der Waals surface area contributed by atoms with Crippen LogP contribution in [0.1, 0.15) is 76.3 Å². The van der Waals surface area contributed by atoms with Gasteiger partial charge in [0.1, 0.15) is 0 Å². The monoisotopic (exact) mass is 408 g/mol. The van der Waals surface area contributed by atoms with Crippen molar-refractivity contribution in [2.75, 3.05) is 27.2 Å². The van der Waals surface area contributed by atoms with Crippen LogP contribution in [-0.4, -0.2) is 37.0 Å². The van der Waals surface area contributed by atoms with Crippen molar-refractivity contribution in [3.05, 3.63) is 59.7 Å². The van der Waals surface area contributed by atoms with E-state index in [0.717, 1.165) is 13.1 Å². The van der Waals surface area contributed by atoms with Crippen LogP contribution in [0.15, 0.2) is 48.5 Å². The van der Waals surface area contributed by atoms with Crippen LogP contribution in [0.5, 0.6) is 0 Å². The van der Waals surface area contributed by atoms with Crippen LogP contribution in [0.2, 0.25) is 0 Å². The van der Waals surface area contributed by atoms with E-state index in [2.05, 4.69) is 86.3 Å². The fourth-order valence-electron chi connectivity index (χ4n) is 4.00. The Morgan fingerprint density at radius 2 is 0.867 bits per heavy atom. The molecule has 0 saturated carbocycles. The van der Waals surface area contributed by atoms with Crippen molar-refractivity contribution in [2.24, 2.45) is 0 Å². The molecule has 0 atom stereocenters. The van der Waals surface area contributed by atoms with E-state index in [1.54, 1.807) is 0 Å². The van der Waals surface area contributed by atoms with Crippen molar-refractivity contribution < 1.29 is 0 Å². The van der Waals surface area contributed by atoms with Gasteiger partial charge in [0.15, 0.2) is 0 Å². The average molecular weight is 409 g/mol. The minimum absolute atomic E-state index is 1.04. The van der Waals surface area contributed by atoms with Crippen LogP contribution in [0.3, 0.4) is 0 Å². The highest BCUT2D eigenvalue weighted by Gasteiger charge is 2.04. The molecule has 2 heteroatoms. The Labute approximate surface area is 186 Å². The van der Waals surface area contributed by atoms with Crippen molar-refractivity contribution in [2.45, 2.75) is 78.3 Å². The van der Waals surface area contributed by atoms with Gasteiger partial charge >= 0.3 is 0 Å². The van der Waals surface area contributed by atoms with Gasteiger partial charge in [0.05, 0.1) is 0 Å². The fourth-order valence-corrected chi connectivity index (χ4v) is 4.00. The first kappa shape index (κ1) is 24.6. The highest BCUT2D eigenvalue weighted by Crippen LogP contribution is 2.21. The molecule has 0 bridgehead atoms. The Hall–Kier alpha value is -1.64. The molecule has 0 aliphatic heterocycles. The average Bonchev–Trinajstić information content (AvgIpc) is 2.75. The summed E-state index contributed by atoms with van der Waals surface area (Å²) in [6.45, 7) is 9.00. The lowest BCUT2D eigenvalue weighted by atomic mass is 10.0. The lowest BCUT2D eigenvalue weighted by Crippen LogP contribution is -2.19. The minimum Gasteiger partial charge on any atom is -0.302 e. The molecule has 0 N–H and O–H groups in total. The van der Waals surface area contributed by atoms with Crippen LogP contribution < -0.4 is 0 Å². The second-order valence-electron chi connectivity index (χ2n) is 8.99. The van der Waals surface area contributed by atoms with Gasteiger partial charge in [-0.05, 0) is 62.3 Å². The van der Waals surface area contributed by atoms with Crippen LogP contribution in [-0.2, 0) is 13.1 Å². The predicted molar refractivity (Wildman–Crippen MR) is 133 cm³/mol. The molecule has 0 aliphatic rings. The third-order valence-electron chi connectivity index (χ3n) is 5.93. The topological polar surface area (TPSA) is 6.48 Å². The highest BCUT2D eigenvalue weighted by molar-refractivity contribution is 5.63. The minimum atomic E-state index is 1.04. The summed E-state index contributed by atoms with van der Waals surface area (Å²) >= 11 is 0. The zero-order chi connectivity index (χ0) is 21.6. The van der Waals surface area contributed by atoms with Gasteiger partial charge in [0, 0.05) is 13.1 Å². The summed E-state index contributed by atoms with van der Waals surface area (Å²) in [5.74, 6) is 0. The summed E-state index contributed by atoms with van der Waals surface area (Å²) < 4.78 is 0. The Morgan fingerprint density at radius 3 is 1.20 bits per heavy atom. The molecule has 0 unspecified atom stereocenters. The predicted octanol–water partition coefficient (Wildman–Crippen LogP) is 7.38. The van der Waals surface area contributed by atoms with Crippen molar-refractivity contribution in [3.8, 4) is 11.1 Å². The van der Waals surface area contributed by atoms with E-state index >= 15 is 0 Å². The maximum absolute atomic E-state index is 2.44. The van der Waals surface area contributed by atoms with Crippen LogP contribution in [0.4, 0.5) is 0 Å². The van der Waals surface area contributed by atoms with Gasteiger partial charge in [-0.25, -0.2) is 0 Å². The molecule has 0 heterocycles. The fraction of sp³-hybridized carbons (Fsp3) is 0.571. The molecule has 30 heavy (non-hydrogen) atoms. The molecule has 2 rings (SSSR count). The van der Waals surface area contributed by atoms with E-state index in [1.165, 1.54) is 86.7 Å². The standard InChI is InChI=1S/C28H44N2/c1-5-7-9-11-21-29(3)23-25-13-17-27(18-14-25)28-19-15-26(16-20-28)24-30(4)22-12-10-8-6-2/h13-20H,5-12,21-24H2,1-4H3. The zero-order valence-corrected chi connectivity index (χ0v) is 20.0. The van der Waals surface area contributed by atoms with Gasteiger partial charge in [-0.1, -0.05) is 101 Å². The first-order valence-corrected chi connectivity index (χ1v) is 12.2. The molecule has 2 aromatic carbocycles. The van der Waals surface area contributed by atoms with Gasteiger partial charge < -0.3 is 9.80 Å². The normalized spacial score (nSPS) is 11.5. The summed E-state index contributed by atoms with van der Waals surface area (Å²) in [7, 11) is 4.47. The van der Waals surface area contributed by atoms with E-state index in [9.17, 15) is 0 Å². The van der Waals surface area contributed by atoms with E-state index < -0.39 is 0 Å². The quantitative estimate of drug-likeness (QED) is 0.284. The summed E-state index contributed by atoms with van der Waals surface area (Å²) in [4.78, 5) is 4.89. The summed E-state index contributed by atoms with van der Waals surface area (Å²) in [5.41, 5.74) is 5.42. The molecular formula is C28H44N2. The molecule has 2 nitrogen and oxygen atoms in total. The Bertz CT molecular complexity index is 613. The van der Waals surface area contributed by atoms with Gasteiger partial charge in [-0.2, -0.15) is 0 Å². The molecule has 0 fully saturated rings. The van der Waals surface area contributed by atoms with Crippen molar-refractivity contribution in [1.82, 2.24) is 9.80 Å². The summed E-state index contributed by atoms with van der Waals surface area (Å²) in [6, 6.07) is 18.2. The zero-order valence-electron chi connectivity index (χ0n) is 20.0. The first-order valence-electron chi connectivity index (χ1n) is 12.2. The van der Waals surface area contributed by atoms with Gasteiger partial charge in [-0.3, -0.25) is 0 Å². The maximum Gasteiger partial charge on any atom is 0.0230 e. The molecule has 0 radical (unpaired) electrons. The molecule has 0 aromatic heterocycles. The van der Waals surface area contributed by atoms with Crippen LogP contribution in [0, 0.1) is 0 Å². The van der Waals surface area contributed by atoms with E-state index in [-0.39, 0.29) is 0 Å². The van der Waals surface area contributed by atoms with Gasteiger partial charge in [0.25, 0.3) is 0 Å². The van der Waals surface area contributed by atoms with Crippen molar-refractivity contribution in [1.29, 1.82) is 0 Å². The van der Waals surface area contributed by atoms with Gasteiger partial charge in [0.2, 0.25) is 0 Å². The second-order valence-corrected chi connectivity index (χ2v) is 8.99. The summed E-state index contributed by atoms with van der Waals surface area (Å²) in [6.07, 6.45) is 10.6. The lowest BCUT2D eigenvalue weighted by Gasteiger charge is -2.17. The molecule has 0 amide bonds. The first-order chi connectivity index (χ1) is 14.6.